The highest BCUT2D eigenvalue weighted by atomic mass is 16.4. The Balaban J connectivity index is 2.01. The van der Waals surface area contributed by atoms with Gasteiger partial charge in [0.1, 0.15) is 0 Å². The Kier molecular flexibility index (Phi) is 4.52. The maximum absolute atomic E-state index is 12.1. The average molecular weight is 262 g/mol. The first-order chi connectivity index (χ1) is 9.16. The number of carboxylic acids is 1. The van der Waals surface area contributed by atoms with Crippen molar-refractivity contribution in [2.24, 2.45) is 0 Å². The van der Waals surface area contributed by atoms with Crippen molar-refractivity contribution in [1.82, 2.24) is 5.32 Å². The molecular formula is C14H18N2O3. The van der Waals surface area contributed by atoms with E-state index in [1.54, 1.807) is 12.1 Å². The summed E-state index contributed by atoms with van der Waals surface area (Å²) in [6, 6.07) is 6.11. The van der Waals surface area contributed by atoms with Crippen molar-refractivity contribution in [3.63, 3.8) is 0 Å². The number of hydrogen-bond donors (Lipinski definition) is 3. The minimum Gasteiger partial charge on any atom is -0.478 e. The van der Waals surface area contributed by atoms with Gasteiger partial charge in [0.05, 0.1) is 11.6 Å². The average Bonchev–Trinajstić information content (AvgIpc) is 2.68. The summed E-state index contributed by atoms with van der Waals surface area (Å²) in [4.78, 5) is 22.9. The second-order valence-corrected chi connectivity index (χ2v) is 4.73. The standard InChI is InChI=1S/C14H18N2O3/c17-13(12-7-2-1-3-8-15-12)16-11-6-4-5-10(9-11)14(18)19/h4-6,9,12,15H,1-3,7-8H2,(H,16,17)(H,18,19). The number of hydrogen-bond acceptors (Lipinski definition) is 3. The Bertz CT molecular complexity index is 466. The van der Waals surface area contributed by atoms with E-state index in [0.717, 1.165) is 32.2 Å². The SMILES string of the molecule is O=C(O)c1cccc(NC(=O)C2CCCCCN2)c1. The van der Waals surface area contributed by atoms with E-state index in [1.165, 1.54) is 12.1 Å². The molecular weight excluding hydrogens is 244 g/mol. The van der Waals surface area contributed by atoms with Gasteiger partial charge in [0.15, 0.2) is 0 Å². The second kappa shape index (κ2) is 6.33. The summed E-state index contributed by atoms with van der Waals surface area (Å²) < 4.78 is 0. The number of carbonyl (C=O) groups excluding carboxylic acids is 1. The number of anilines is 1. The van der Waals surface area contributed by atoms with E-state index in [1.807, 2.05) is 0 Å². The molecule has 19 heavy (non-hydrogen) atoms. The third-order valence-electron chi connectivity index (χ3n) is 3.25. The van der Waals surface area contributed by atoms with Crippen molar-refractivity contribution in [2.75, 3.05) is 11.9 Å². The first-order valence-corrected chi connectivity index (χ1v) is 6.54. The van der Waals surface area contributed by atoms with Crippen LogP contribution >= 0.6 is 0 Å². The van der Waals surface area contributed by atoms with Crippen LogP contribution in [0, 0.1) is 0 Å². The zero-order chi connectivity index (χ0) is 13.7. The monoisotopic (exact) mass is 262 g/mol. The van der Waals surface area contributed by atoms with Crippen molar-refractivity contribution < 1.29 is 14.7 Å². The molecule has 0 aliphatic carbocycles. The third kappa shape index (κ3) is 3.79. The third-order valence-corrected chi connectivity index (χ3v) is 3.25. The summed E-state index contributed by atoms with van der Waals surface area (Å²) >= 11 is 0. The molecule has 0 bridgehead atoms. The van der Waals surface area contributed by atoms with Crippen LogP contribution in [-0.2, 0) is 4.79 Å². The molecule has 102 valence electrons. The van der Waals surface area contributed by atoms with Crippen molar-refractivity contribution in [2.45, 2.75) is 31.7 Å². The number of aromatic carboxylic acids is 1. The summed E-state index contributed by atoms with van der Waals surface area (Å²) in [6.07, 6.45) is 4.11. The summed E-state index contributed by atoms with van der Waals surface area (Å²) in [7, 11) is 0. The quantitative estimate of drug-likeness (QED) is 0.777. The summed E-state index contributed by atoms with van der Waals surface area (Å²) in [5.74, 6) is -1.09. The second-order valence-electron chi connectivity index (χ2n) is 4.73. The van der Waals surface area contributed by atoms with Gasteiger partial charge in [-0.3, -0.25) is 4.79 Å². The number of benzene rings is 1. The van der Waals surface area contributed by atoms with E-state index in [0.29, 0.717) is 5.69 Å². The van der Waals surface area contributed by atoms with Gasteiger partial charge in [-0.25, -0.2) is 4.79 Å². The number of carbonyl (C=O) groups is 2. The Morgan fingerprint density at radius 3 is 2.89 bits per heavy atom. The highest BCUT2D eigenvalue weighted by Gasteiger charge is 2.19. The molecule has 1 aromatic carbocycles. The molecule has 1 fully saturated rings. The van der Waals surface area contributed by atoms with Crippen molar-refractivity contribution in [3.05, 3.63) is 29.8 Å². The zero-order valence-electron chi connectivity index (χ0n) is 10.7. The molecule has 1 saturated heterocycles. The molecule has 0 spiro atoms. The van der Waals surface area contributed by atoms with Crippen LogP contribution in [0.15, 0.2) is 24.3 Å². The van der Waals surface area contributed by atoms with Crippen LogP contribution < -0.4 is 10.6 Å². The van der Waals surface area contributed by atoms with Crippen molar-refractivity contribution in [3.8, 4) is 0 Å². The Morgan fingerprint density at radius 2 is 2.11 bits per heavy atom. The van der Waals surface area contributed by atoms with E-state index in [2.05, 4.69) is 10.6 Å². The van der Waals surface area contributed by atoms with Crippen LogP contribution in [0.5, 0.6) is 0 Å². The summed E-state index contributed by atoms with van der Waals surface area (Å²) in [5, 5.41) is 14.9. The number of rotatable bonds is 3. The molecule has 1 aliphatic heterocycles. The van der Waals surface area contributed by atoms with Gasteiger partial charge in [0.2, 0.25) is 5.91 Å². The van der Waals surface area contributed by atoms with Gasteiger partial charge < -0.3 is 15.7 Å². The van der Waals surface area contributed by atoms with Crippen molar-refractivity contribution >= 4 is 17.6 Å². The molecule has 1 unspecified atom stereocenters. The van der Waals surface area contributed by atoms with Gasteiger partial charge in [-0.2, -0.15) is 0 Å². The highest BCUT2D eigenvalue weighted by molar-refractivity contribution is 5.96. The van der Waals surface area contributed by atoms with E-state index >= 15 is 0 Å². The highest BCUT2D eigenvalue weighted by Crippen LogP contribution is 2.13. The summed E-state index contributed by atoms with van der Waals surface area (Å²) in [5.41, 5.74) is 0.697. The Labute approximate surface area is 112 Å². The minimum absolute atomic E-state index is 0.0931. The lowest BCUT2D eigenvalue weighted by molar-refractivity contribution is -0.118. The van der Waals surface area contributed by atoms with Crippen LogP contribution in [0.3, 0.4) is 0 Å². The molecule has 0 radical (unpaired) electrons. The largest absolute Gasteiger partial charge is 0.478 e. The van der Waals surface area contributed by atoms with Crippen LogP contribution in [0.1, 0.15) is 36.0 Å². The maximum Gasteiger partial charge on any atom is 0.335 e. The molecule has 5 nitrogen and oxygen atoms in total. The van der Waals surface area contributed by atoms with Crippen LogP contribution in [0.4, 0.5) is 5.69 Å². The molecule has 1 amide bonds. The number of nitrogens with one attached hydrogen (secondary N) is 2. The van der Waals surface area contributed by atoms with Gasteiger partial charge in [-0.1, -0.05) is 18.9 Å². The number of carboxylic acid groups (broad SMARTS) is 1. The molecule has 3 N–H and O–H groups in total. The molecule has 1 aliphatic rings. The van der Waals surface area contributed by atoms with Gasteiger partial charge in [-0.15, -0.1) is 0 Å². The first kappa shape index (κ1) is 13.5. The Hall–Kier alpha value is -1.88. The summed E-state index contributed by atoms with van der Waals surface area (Å²) in [6.45, 7) is 0.854. The van der Waals surface area contributed by atoms with Crippen molar-refractivity contribution in [1.29, 1.82) is 0 Å². The molecule has 5 heteroatoms. The topological polar surface area (TPSA) is 78.4 Å². The molecule has 1 heterocycles. The minimum atomic E-state index is -0.997. The van der Waals surface area contributed by atoms with E-state index in [9.17, 15) is 9.59 Å². The van der Waals surface area contributed by atoms with E-state index in [4.69, 9.17) is 5.11 Å². The van der Waals surface area contributed by atoms with Gasteiger partial charge in [-0.05, 0) is 37.6 Å². The molecule has 2 rings (SSSR count). The van der Waals surface area contributed by atoms with E-state index in [-0.39, 0.29) is 17.5 Å². The molecule has 1 aromatic rings. The van der Waals surface area contributed by atoms with Crippen LogP contribution in [0.2, 0.25) is 0 Å². The predicted octanol–water partition coefficient (Wildman–Crippen LogP) is 1.86. The van der Waals surface area contributed by atoms with Gasteiger partial charge in [0.25, 0.3) is 0 Å². The Morgan fingerprint density at radius 1 is 1.26 bits per heavy atom. The van der Waals surface area contributed by atoms with Gasteiger partial charge >= 0.3 is 5.97 Å². The number of amides is 1. The first-order valence-electron chi connectivity index (χ1n) is 6.54. The normalized spacial score (nSPS) is 19.5. The van der Waals surface area contributed by atoms with Crippen LogP contribution in [-0.4, -0.2) is 29.6 Å². The molecule has 0 aromatic heterocycles. The van der Waals surface area contributed by atoms with Gasteiger partial charge in [0, 0.05) is 5.69 Å². The molecule has 0 saturated carbocycles. The lowest BCUT2D eigenvalue weighted by Crippen LogP contribution is -2.39. The maximum atomic E-state index is 12.1. The fourth-order valence-corrected chi connectivity index (χ4v) is 2.21. The fourth-order valence-electron chi connectivity index (χ4n) is 2.21. The molecule has 1 atom stereocenters. The lowest BCUT2D eigenvalue weighted by Gasteiger charge is -2.15. The van der Waals surface area contributed by atoms with Crippen LogP contribution in [0.25, 0.3) is 0 Å². The fraction of sp³-hybridized carbons (Fsp3) is 0.429. The lowest BCUT2D eigenvalue weighted by atomic mass is 10.1. The zero-order valence-corrected chi connectivity index (χ0v) is 10.7. The van der Waals surface area contributed by atoms with E-state index < -0.39 is 5.97 Å². The smallest absolute Gasteiger partial charge is 0.335 e. The predicted molar refractivity (Wildman–Crippen MR) is 72.3 cm³/mol.